The molecule has 0 spiro atoms. The summed E-state index contributed by atoms with van der Waals surface area (Å²) in [5.41, 5.74) is 6.88. The highest BCUT2D eigenvalue weighted by molar-refractivity contribution is 5.96. The minimum Gasteiger partial charge on any atom is -0.323 e. The fourth-order valence-corrected chi connectivity index (χ4v) is 4.61. The fraction of sp³-hybridized carbons (Fsp3) is 0.259. The number of anilines is 1. The summed E-state index contributed by atoms with van der Waals surface area (Å²) in [5.74, 6) is 1.25. The van der Waals surface area contributed by atoms with E-state index in [-0.39, 0.29) is 11.8 Å². The number of carbonyl (C=O) groups is 1. The monoisotopic (exact) mass is 409 g/mol. The maximum Gasteiger partial charge on any atom is 0.227 e. The van der Waals surface area contributed by atoms with Crippen molar-refractivity contribution in [3.63, 3.8) is 0 Å². The normalized spacial score (nSPS) is 16.4. The highest BCUT2D eigenvalue weighted by Crippen LogP contribution is 2.33. The molecule has 0 saturated carbocycles. The van der Waals surface area contributed by atoms with Crippen LogP contribution in [0.3, 0.4) is 0 Å². The molecule has 1 atom stereocenters. The number of amides is 1. The van der Waals surface area contributed by atoms with Crippen molar-refractivity contribution < 1.29 is 4.79 Å². The second-order valence-corrected chi connectivity index (χ2v) is 8.46. The van der Waals surface area contributed by atoms with E-state index in [1.54, 1.807) is 0 Å². The zero-order chi connectivity index (χ0) is 21.4. The summed E-state index contributed by atoms with van der Waals surface area (Å²) < 4.78 is 2.30. The van der Waals surface area contributed by atoms with Crippen molar-refractivity contribution in [3.05, 3.63) is 95.3 Å². The summed E-state index contributed by atoms with van der Waals surface area (Å²) in [6.45, 7) is 5.69. The minimum atomic E-state index is 0.0792. The Morgan fingerprint density at radius 3 is 2.55 bits per heavy atom. The fourth-order valence-electron chi connectivity index (χ4n) is 4.61. The number of rotatable bonds is 5. The average molecular weight is 410 g/mol. The van der Waals surface area contributed by atoms with Gasteiger partial charge in [-0.1, -0.05) is 61.0 Å². The summed E-state index contributed by atoms with van der Waals surface area (Å²) in [4.78, 5) is 19.8. The number of para-hydroxylation sites is 2. The van der Waals surface area contributed by atoms with E-state index < -0.39 is 0 Å². The van der Waals surface area contributed by atoms with E-state index in [1.807, 2.05) is 11.0 Å². The van der Waals surface area contributed by atoms with Gasteiger partial charge >= 0.3 is 0 Å². The van der Waals surface area contributed by atoms with Crippen molar-refractivity contribution in [2.75, 3.05) is 11.4 Å². The van der Waals surface area contributed by atoms with Crippen molar-refractivity contribution in [3.8, 4) is 0 Å². The molecular weight excluding hydrogens is 382 g/mol. The highest BCUT2D eigenvalue weighted by Gasteiger charge is 2.34. The van der Waals surface area contributed by atoms with Gasteiger partial charge in [0.15, 0.2) is 0 Å². The smallest absolute Gasteiger partial charge is 0.227 e. The van der Waals surface area contributed by atoms with Gasteiger partial charge in [-0.05, 0) is 48.7 Å². The number of hydrogen-bond acceptors (Lipinski definition) is 2. The van der Waals surface area contributed by atoms with Gasteiger partial charge in [0.25, 0.3) is 0 Å². The maximum absolute atomic E-state index is 12.9. The summed E-state index contributed by atoms with van der Waals surface area (Å²) >= 11 is 0. The summed E-state index contributed by atoms with van der Waals surface area (Å²) in [7, 11) is 0. The number of nitrogens with zero attached hydrogens (tertiary/aromatic N) is 3. The molecule has 31 heavy (non-hydrogen) atoms. The summed E-state index contributed by atoms with van der Waals surface area (Å²) in [5, 5.41) is 0. The number of fused-ring (bicyclic) bond motifs is 1. The number of aromatic nitrogens is 2. The first-order valence-electron chi connectivity index (χ1n) is 11.0. The Bertz CT molecular complexity index is 1240. The first-order chi connectivity index (χ1) is 15.1. The van der Waals surface area contributed by atoms with E-state index in [9.17, 15) is 4.79 Å². The lowest BCUT2D eigenvalue weighted by Crippen LogP contribution is -2.24. The van der Waals surface area contributed by atoms with Crippen molar-refractivity contribution in [2.24, 2.45) is 0 Å². The van der Waals surface area contributed by atoms with Gasteiger partial charge in [-0.2, -0.15) is 0 Å². The largest absolute Gasteiger partial charge is 0.323 e. The topological polar surface area (TPSA) is 38.1 Å². The van der Waals surface area contributed by atoms with Crippen LogP contribution in [0.25, 0.3) is 11.0 Å². The third-order valence-corrected chi connectivity index (χ3v) is 6.25. The molecule has 0 unspecified atom stereocenters. The second-order valence-electron chi connectivity index (χ2n) is 8.46. The molecule has 1 amide bonds. The predicted octanol–water partition coefficient (Wildman–Crippen LogP) is 5.48. The Hall–Kier alpha value is -3.40. The van der Waals surface area contributed by atoms with E-state index in [1.165, 1.54) is 16.7 Å². The lowest BCUT2D eigenvalue weighted by molar-refractivity contribution is -0.117. The molecular formula is C27H27N3O. The van der Waals surface area contributed by atoms with Crippen LogP contribution < -0.4 is 4.90 Å². The maximum atomic E-state index is 12.9. The van der Waals surface area contributed by atoms with E-state index in [0.29, 0.717) is 13.0 Å². The SMILES string of the molecule is CCc1ccc(N2C[C@@H](c3nc4ccccc4n3Cc3cccc(C)c3)CC2=O)cc1. The van der Waals surface area contributed by atoms with Crippen LogP contribution >= 0.6 is 0 Å². The lowest BCUT2D eigenvalue weighted by atomic mass is 10.1. The molecule has 4 nitrogen and oxygen atoms in total. The van der Waals surface area contributed by atoms with E-state index in [4.69, 9.17) is 4.98 Å². The van der Waals surface area contributed by atoms with Crippen molar-refractivity contribution in [2.45, 2.75) is 39.2 Å². The van der Waals surface area contributed by atoms with Gasteiger partial charge in [-0.3, -0.25) is 4.79 Å². The first-order valence-corrected chi connectivity index (χ1v) is 11.0. The molecule has 1 fully saturated rings. The average Bonchev–Trinajstić information content (AvgIpc) is 3.35. The molecule has 1 aliphatic rings. The predicted molar refractivity (Wildman–Crippen MR) is 126 cm³/mol. The highest BCUT2D eigenvalue weighted by atomic mass is 16.2. The van der Waals surface area contributed by atoms with Gasteiger partial charge in [0.2, 0.25) is 5.91 Å². The second kappa shape index (κ2) is 8.03. The van der Waals surface area contributed by atoms with Gasteiger partial charge in [-0.25, -0.2) is 4.98 Å². The number of carbonyl (C=O) groups excluding carboxylic acids is 1. The van der Waals surface area contributed by atoms with Crippen molar-refractivity contribution in [1.82, 2.24) is 9.55 Å². The molecule has 1 aromatic heterocycles. The number of benzene rings is 3. The van der Waals surface area contributed by atoms with E-state index in [0.717, 1.165) is 35.5 Å². The first kappa shape index (κ1) is 19.6. The quantitative estimate of drug-likeness (QED) is 0.438. The molecule has 0 radical (unpaired) electrons. The molecule has 2 heterocycles. The molecule has 1 aliphatic heterocycles. The van der Waals surface area contributed by atoms with Crippen molar-refractivity contribution in [1.29, 1.82) is 0 Å². The van der Waals surface area contributed by atoms with Crippen LogP contribution in [-0.4, -0.2) is 22.0 Å². The molecule has 5 rings (SSSR count). The Kier molecular flexibility index (Phi) is 5.06. The number of imidazole rings is 1. The third kappa shape index (κ3) is 3.74. The third-order valence-electron chi connectivity index (χ3n) is 6.25. The Morgan fingerprint density at radius 1 is 0.968 bits per heavy atom. The number of hydrogen-bond donors (Lipinski definition) is 0. The van der Waals surface area contributed by atoms with Crippen LogP contribution in [-0.2, 0) is 17.8 Å². The van der Waals surface area contributed by atoms with Crippen LogP contribution in [0.15, 0.2) is 72.8 Å². The van der Waals surface area contributed by atoms with Crippen LogP contribution in [0.5, 0.6) is 0 Å². The van der Waals surface area contributed by atoms with Gasteiger partial charge < -0.3 is 9.47 Å². The van der Waals surface area contributed by atoms with Gasteiger partial charge in [0.05, 0.1) is 11.0 Å². The van der Waals surface area contributed by atoms with Crippen LogP contribution in [0.1, 0.15) is 41.8 Å². The number of aryl methyl sites for hydroxylation is 2. The Balaban J connectivity index is 1.50. The molecule has 4 aromatic rings. The minimum absolute atomic E-state index is 0.0792. The van der Waals surface area contributed by atoms with Gasteiger partial charge in [0.1, 0.15) is 5.82 Å². The van der Waals surface area contributed by atoms with Crippen LogP contribution in [0.2, 0.25) is 0 Å². The molecule has 1 saturated heterocycles. The van der Waals surface area contributed by atoms with E-state index >= 15 is 0 Å². The van der Waals surface area contributed by atoms with Crippen LogP contribution in [0, 0.1) is 6.92 Å². The molecule has 0 aliphatic carbocycles. The Morgan fingerprint density at radius 2 is 1.77 bits per heavy atom. The standard InChI is InChI=1S/C27H27N3O/c1-3-20-11-13-23(14-12-20)29-18-22(16-26(29)31)27-28-24-9-4-5-10-25(24)30(27)17-21-8-6-7-19(2)15-21/h4-15,22H,3,16-18H2,1-2H3/t22-/m0/s1. The lowest BCUT2D eigenvalue weighted by Gasteiger charge is -2.18. The zero-order valence-electron chi connectivity index (χ0n) is 18.1. The summed E-state index contributed by atoms with van der Waals surface area (Å²) in [6.07, 6.45) is 1.49. The molecule has 4 heteroatoms. The Labute approximate surface area is 183 Å². The molecule has 0 N–H and O–H groups in total. The van der Waals surface area contributed by atoms with Crippen LogP contribution in [0.4, 0.5) is 5.69 Å². The zero-order valence-corrected chi connectivity index (χ0v) is 18.1. The van der Waals surface area contributed by atoms with Gasteiger partial charge in [0, 0.05) is 31.1 Å². The van der Waals surface area contributed by atoms with E-state index in [2.05, 4.69) is 85.1 Å². The molecule has 0 bridgehead atoms. The molecule has 3 aromatic carbocycles. The van der Waals surface area contributed by atoms with Crippen molar-refractivity contribution >= 4 is 22.6 Å². The summed E-state index contributed by atoms with van der Waals surface area (Å²) in [6, 6.07) is 25.2. The molecule has 156 valence electrons. The van der Waals surface area contributed by atoms with Gasteiger partial charge in [-0.15, -0.1) is 0 Å².